The molecule has 1 fully saturated rings. The summed E-state index contributed by atoms with van der Waals surface area (Å²) in [4.78, 5) is 2.53. The third kappa shape index (κ3) is 3.88. The van der Waals surface area contributed by atoms with Crippen molar-refractivity contribution in [2.75, 3.05) is 19.6 Å². The van der Waals surface area contributed by atoms with E-state index in [0.29, 0.717) is 0 Å². The molecule has 1 heterocycles. The first kappa shape index (κ1) is 15.5. The third-order valence-corrected chi connectivity index (χ3v) is 4.90. The summed E-state index contributed by atoms with van der Waals surface area (Å²) >= 11 is 3.48. The summed E-state index contributed by atoms with van der Waals surface area (Å²) in [5, 5.41) is 0. The number of hydrogen-bond acceptors (Lipinski definition) is 1. The molecule has 0 bridgehead atoms. The highest BCUT2D eigenvalue weighted by Gasteiger charge is 2.09. The van der Waals surface area contributed by atoms with Crippen LogP contribution in [-0.4, -0.2) is 24.5 Å². The molecule has 1 aliphatic rings. The van der Waals surface area contributed by atoms with E-state index in [1.165, 1.54) is 48.2 Å². The van der Waals surface area contributed by atoms with Crippen LogP contribution in [0.4, 0.5) is 0 Å². The van der Waals surface area contributed by atoms with E-state index in [4.69, 9.17) is 0 Å². The minimum Gasteiger partial charge on any atom is -0.300 e. The van der Waals surface area contributed by atoms with Gasteiger partial charge in [0.1, 0.15) is 0 Å². The topological polar surface area (TPSA) is 3.24 Å². The molecular weight excluding hydrogens is 334 g/mol. The molecule has 114 valence electrons. The summed E-state index contributed by atoms with van der Waals surface area (Å²) in [6.45, 7) is 5.81. The average Bonchev–Trinajstić information content (AvgIpc) is 3.07. The van der Waals surface area contributed by atoms with Crippen LogP contribution in [0.15, 0.2) is 59.1 Å². The molecule has 1 aliphatic heterocycles. The number of allylic oxidation sites excluding steroid dienone is 1. The van der Waals surface area contributed by atoms with Crippen LogP contribution in [0.5, 0.6) is 0 Å². The number of rotatable bonds is 4. The van der Waals surface area contributed by atoms with E-state index in [1.807, 2.05) is 0 Å². The lowest BCUT2D eigenvalue weighted by Crippen LogP contribution is -2.18. The number of likely N-dealkylation sites (tertiary alicyclic amines) is 1. The normalized spacial score (nSPS) is 16.2. The first-order valence-electron chi connectivity index (χ1n) is 7.98. The summed E-state index contributed by atoms with van der Waals surface area (Å²) < 4.78 is 1.12. The Bertz CT molecular complexity index is 634. The minimum absolute atomic E-state index is 1.08. The molecule has 2 aromatic carbocycles. The zero-order valence-electron chi connectivity index (χ0n) is 13.1. The van der Waals surface area contributed by atoms with E-state index in [9.17, 15) is 0 Å². The average molecular weight is 356 g/mol. The van der Waals surface area contributed by atoms with Crippen LogP contribution >= 0.6 is 15.9 Å². The molecule has 2 heteroatoms. The van der Waals surface area contributed by atoms with Crippen molar-refractivity contribution in [2.45, 2.75) is 19.8 Å². The minimum atomic E-state index is 1.08. The summed E-state index contributed by atoms with van der Waals surface area (Å²) in [6.07, 6.45) is 5.07. The van der Waals surface area contributed by atoms with Gasteiger partial charge < -0.3 is 0 Å². The Labute approximate surface area is 141 Å². The van der Waals surface area contributed by atoms with Crippen LogP contribution in [0, 0.1) is 0 Å². The van der Waals surface area contributed by atoms with Gasteiger partial charge in [0, 0.05) is 11.0 Å². The molecule has 0 aliphatic carbocycles. The van der Waals surface area contributed by atoms with Gasteiger partial charge in [-0.05, 0) is 67.3 Å². The lowest BCUT2D eigenvalue weighted by atomic mass is 10.0. The number of halogens is 1. The van der Waals surface area contributed by atoms with Crippen LogP contribution in [0.1, 0.15) is 25.3 Å². The van der Waals surface area contributed by atoms with Crippen molar-refractivity contribution in [1.82, 2.24) is 4.90 Å². The fourth-order valence-electron chi connectivity index (χ4n) is 2.92. The van der Waals surface area contributed by atoms with E-state index in [0.717, 1.165) is 11.0 Å². The van der Waals surface area contributed by atoms with Crippen molar-refractivity contribution in [3.8, 4) is 11.1 Å². The second kappa shape index (κ2) is 7.26. The Morgan fingerprint density at radius 2 is 1.50 bits per heavy atom. The van der Waals surface area contributed by atoms with Crippen LogP contribution in [0.2, 0.25) is 0 Å². The highest BCUT2D eigenvalue weighted by Crippen LogP contribution is 2.24. The van der Waals surface area contributed by atoms with E-state index in [-0.39, 0.29) is 0 Å². The molecule has 3 rings (SSSR count). The van der Waals surface area contributed by atoms with Crippen molar-refractivity contribution >= 4 is 21.5 Å². The number of hydrogen-bond donors (Lipinski definition) is 0. The van der Waals surface area contributed by atoms with Gasteiger partial charge in [-0.2, -0.15) is 0 Å². The molecule has 0 atom stereocenters. The Morgan fingerprint density at radius 3 is 2.09 bits per heavy atom. The SMILES string of the molecule is C/C(=C/CN1CCCC1)c1ccc(-c2ccc(Br)cc2)cc1. The Hall–Kier alpha value is -1.38. The summed E-state index contributed by atoms with van der Waals surface area (Å²) in [6, 6.07) is 17.4. The van der Waals surface area contributed by atoms with Gasteiger partial charge in [-0.15, -0.1) is 0 Å². The first-order chi connectivity index (χ1) is 10.7. The van der Waals surface area contributed by atoms with Gasteiger partial charge in [0.2, 0.25) is 0 Å². The van der Waals surface area contributed by atoms with Gasteiger partial charge in [0.25, 0.3) is 0 Å². The molecule has 22 heavy (non-hydrogen) atoms. The predicted molar refractivity (Wildman–Crippen MR) is 98.9 cm³/mol. The lowest BCUT2D eigenvalue weighted by Gasteiger charge is -2.12. The Morgan fingerprint density at radius 1 is 0.955 bits per heavy atom. The molecule has 2 aromatic rings. The van der Waals surface area contributed by atoms with Gasteiger partial charge in [-0.25, -0.2) is 0 Å². The molecular formula is C20H22BrN. The number of benzene rings is 2. The lowest BCUT2D eigenvalue weighted by molar-refractivity contribution is 0.377. The molecule has 0 N–H and O–H groups in total. The molecule has 0 radical (unpaired) electrons. The number of nitrogens with zero attached hydrogens (tertiary/aromatic N) is 1. The van der Waals surface area contributed by atoms with Crippen LogP contribution in [-0.2, 0) is 0 Å². The van der Waals surface area contributed by atoms with Crippen LogP contribution < -0.4 is 0 Å². The maximum atomic E-state index is 3.48. The van der Waals surface area contributed by atoms with Crippen LogP contribution in [0.25, 0.3) is 16.7 Å². The smallest absolute Gasteiger partial charge is 0.0175 e. The quantitative estimate of drug-likeness (QED) is 0.688. The molecule has 0 spiro atoms. The van der Waals surface area contributed by atoms with Crippen molar-refractivity contribution in [2.24, 2.45) is 0 Å². The van der Waals surface area contributed by atoms with E-state index in [1.54, 1.807) is 0 Å². The molecule has 0 unspecified atom stereocenters. The highest BCUT2D eigenvalue weighted by atomic mass is 79.9. The van der Waals surface area contributed by atoms with Gasteiger partial charge in [-0.1, -0.05) is 58.4 Å². The zero-order chi connectivity index (χ0) is 15.4. The predicted octanol–water partition coefficient (Wildman–Crippen LogP) is 5.62. The van der Waals surface area contributed by atoms with Crippen molar-refractivity contribution in [3.05, 3.63) is 64.6 Å². The van der Waals surface area contributed by atoms with E-state index >= 15 is 0 Å². The summed E-state index contributed by atoms with van der Waals surface area (Å²) in [5.74, 6) is 0. The van der Waals surface area contributed by atoms with E-state index in [2.05, 4.69) is 82.4 Å². The molecule has 0 saturated carbocycles. The standard InChI is InChI=1S/C20H22BrN/c1-16(12-15-22-13-2-3-14-22)17-4-6-18(7-5-17)19-8-10-20(21)11-9-19/h4-12H,2-3,13-15H2,1H3/b16-12-. The van der Waals surface area contributed by atoms with Gasteiger partial charge in [-0.3, -0.25) is 4.90 Å². The summed E-state index contributed by atoms with van der Waals surface area (Å²) in [7, 11) is 0. The Kier molecular flexibility index (Phi) is 5.12. The first-order valence-corrected chi connectivity index (χ1v) is 8.77. The Balaban J connectivity index is 1.70. The van der Waals surface area contributed by atoms with Crippen molar-refractivity contribution < 1.29 is 0 Å². The fraction of sp³-hybridized carbons (Fsp3) is 0.300. The second-order valence-corrected chi connectivity index (χ2v) is 6.89. The van der Waals surface area contributed by atoms with Gasteiger partial charge >= 0.3 is 0 Å². The largest absolute Gasteiger partial charge is 0.300 e. The maximum Gasteiger partial charge on any atom is 0.0175 e. The maximum absolute atomic E-state index is 3.48. The third-order valence-electron chi connectivity index (χ3n) is 4.37. The second-order valence-electron chi connectivity index (χ2n) is 5.98. The van der Waals surface area contributed by atoms with Crippen molar-refractivity contribution in [1.29, 1.82) is 0 Å². The zero-order valence-corrected chi connectivity index (χ0v) is 14.6. The van der Waals surface area contributed by atoms with Gasteiger partial charge in [0.15, 0.2) is 0 Å². The molecule has 1 nitrogen and oxygen atoms in total. The van der Waals surface area contributed by atoms with Gasteiger partial charge in [0.05, 0.1) is 0 Å². The van der Waals surface area contributed by atoms with Crippen molar-refractivity contribution in [3.63, 3.8) is 0 Å². The molecule has 0 amide bonds. The monoisotopic (exact) mass is 355 g/mol. The fourth-order valence-corrected chi connectivity index (χ4v) is 3.18. The van der Waals surface area contributed by atoms with Crippen LogP contribution in [0.3, 0.4) is 0 Å². The summed E-state index contributed by atoms with van der Waals surface area (Å²) in [5.41, 5.74) is 5.21. The van der Waals surface area contributed by atoms with E-state index < -0.39 is 0 Å². The highest BCUT2D eigenvalue weighted by molar-refractivity contribution is 9.10. The molecule has 1 saturated heterocycles. The molecule has 0 aromatic heterocycles.